The first-order chi connectivity index (χ1) is 7.08. The Bertz CT molecular complexity index is 402. The maximum absolute atomic E-state index is 13.2. The molecule has 4 nitrogen and oxygen atoms in total. The van der Waals surface area contributed by atoms with E-state index in [1.807, 2.05) is 0 Å². The van der Waals surface area contributed by atoms with Gasteiger partial charge in [0, 0.05) is 18.8 Å². The maximum Gasteiger partial charge on any atom is 0.338 e. The second-order valence-electron chi connectivity index (χ2n) is 3.53. The minimum atomic E-state index is -1.28. The molecule has 0 aliphatic carbocycles. The molecule has 0 amide bonds. The quantitative estimate of drug-likeness (QED) is 0.756. The zero-order valence-electron chi connectivity index (χ0n) is 7.85. The Labute approximate surface area is 85.6 Å². The van der Waals surface area contributed by atoms with Gasteiger partial charge in [0.05, 0.1) is 11.7 Å². The number of carbonyl (C=O) groups is 1. The minimum Gasteiger partial charge on any atom is -0.478 e. The zero-order chi connectivity index (χ0) is 11.0. The van der Waals surface area contributed by atoms with E-state index in [1.165, 1.54) is 12.1 Å². The van der Waals surface area contributed by atoms with Gasteiger partial charge in [0.25, 0.3) is 0 Å². The molecule has 0 atom stereocenters. The largest absolute Gasteiger partial charge is 0.478 e. The fourth-order valence-corrected chi connectivity index (χ4v) is 1.54. The van der Waals surface area contributed by atoms with E-state index in [0.717, 1.165) is 0 Å². The van der Waals surface area contributed by atoms with Crippen LogP contribution in [0.3, 0.4) is 0 Å². The van der Waals surface area contributed by atoms with E-state index < -0.39 is 11.8 Å². The molecule has 1 aliphatic rings. The number of carboxylic acids is 1. The molecular weight excluding hydrogens is 201 g/mol. The third kappa shape index (κ3) is 1.78. The Kier molecular flexibility index (Phi) is 2.32. The van der Waals surface area contributed by atoms with Crippen molar-refractivity contribution in [3.63, 3.8) is 0 Å². The lowest BCUT2D eigenvalue weighted by Gasteiger charge is -2.37. The SMILES string of the molecule is O=C(O)c1ccc(N2CC(O)C2)cc1F. The van der Waals surface area contributed by atoms with E-state index in [4.69, 9.17) is 10.2 Å². The van der Waals surface area contributed by atoms with Gasteiger partial charge in [-0.15, -0.1) is 0 Å². The maximum atomic E-state index is 13.2. The molecule has 1 heterocycles. The molecule has 15 heavy (non-hydrogen) atoms. The molecular formula is C10H10FNO3. The minimum absolute atomic E-state index is 0.333. The average molecular weight is 211 g/mol. The van der Waals surface area contributed by atoms with Gasteiger partial charge in [0.15, 0.2) is 0 Å². The summed E-state index contributed by atoms with van der Waals surface area (Å²) in [6, 6.07) is 3.95. The van der Waals surface area contributed by atoms with E-state index in [9.17, 15) is 9.18 Å². The van der Waals surface area contributed by atoms with Crippen molar-refractivity contribution in [1.82, 2.24) is 0 Å². The van der Waals surface area contributed by atoms with E-state index in [-0.39, 0.29) is 11.7 Å². The Morgan fingerprint density at radius 1 is 1.47 bits per heavy atom. The molecule has 0 aromatic heterocycles. The second kappa shape index (κ2) is 3.51. The number of aliphatic hydroxyl groups is 1. The van der Waals surface area contributed by atoms with Crippen LogP contribution in [0.25, 0.3) is 0 Å². The summed E-state index contributed by atoms with van der Waals surface area (Å²) in [7, 11) is 0. The molecule has 0 spiro atoms. The zero-order valence-corrected chi connectivity index (χ0v) is 7.85. The van der Waals surface area contributed by atoms with Crippen LogP contribution in [0.2, 0.25) is 0 Å². The first-order valence-electron chi connectivity index (χ1n) is 4.54. The van der Waals surface area contributed by atoms with Crippen LogP contribution >= 0.6 is 0 Å². The van der Waals surface area contributed by atoms with Gasteiger partial charge in [-0.25, -0.2) is 9.18 Å². The highest BCUT2D eigenvalue weighted by molar-refractivity contribution is 5.88. The van der Waals surface area contributed by atoms with Crippen LogP contribution in [0, 0.1) is 5.82 Å². The normalized spacial score (nSPS) is 16.3. The van der Waals surface area contributed by atoms with Crippen molar-refractivity contribution in [2.24, 2.45) is 0 Å². The molecule has 1 fully saturated rings. The van der Waals surface area contributed by atoms with Crippen molar-refractivity contribution in [1.29, 1.82) is 0 Å². The number of hydrogen-bond donors (Lipinski definition) is 2. The summed E-state index contributed by atoms with van der Waals surface area (Å²) < 4.78 is 13.2. The Hall–Kier alpha value is -1.62. The van der Waals surface area contributed by atoms with Gasteiger partial charge in [-0.2, -0.15) is 0 Å². The van der Waals surface area contributed by atoms with E-state index in [2.05, 4.69) is 0 Å². The van der Waals surface area contributed by atoms with Crippen LogP contribution in [0.5, 0.6) is 0 Å². The van der Waals surface area contributed by atoms with Crippen molar-refractivity contribution in [3.05, 3.63) is 29.6 Å². The fraction of sp³-hybridized carbons (Fsp3) is 0.300. The van der Waals surface area contributed by atoms with Gasteiger partial charge < -0.3 is 15.1 Å². The smallest absolute Gasteiger partial charge is 0.338 e. The number of aliphatic hydroxyl groups excluding tert-OH is 1. The van der Waals surface area contributed by atoms with Crippen molar-refractivity contribution in [2.75, 3.05) is 18.0 Å². The molecule has 2 N–H and O–H groups in total. The molecule has 1 aromatic carbocycles. The highest BCUT2D eigenvalue weighted by atomic mass is 19.1. The van der Waals surface area contributed by atoms with Crippen LogP contribution in [0.4, 0.5) is 10.1 Å². The molecule has 0 saturated carbocycles. The summed E-state index contributed by atoms with van der Waals surface area (Å²) >= 11 is 0. The van der Waals surface area contributed by atoms with Crippen molar-refractivity contribution in [3.8, 4) is 0 Å². The summed E-state index contributed by atoms with van der Waals surface area (Å²) in [5.41, 5.74) is 0.266. The van der Waals surface area contributed by atoms with Gasteiger partial charge in [0.1, 0.15) is 5.82 Å². The van der Waals surface area contributed by atoms with Gasteiger partial charge in [-0.1, -0.05) is 0 Å². The Morgan fingerprint density at radius 2 is 2.13 bits per heavy atom. The molecule has 2 rings (SSSR count). The third-order valence-corrected chi connectivity index (χ3v) is 2.41. The lowest BCUT2D eigenvalue weighted by molar-refractivity contribution is 0.0692. The van der Waals surface area contributed by atoms with Crippen LogP contribution in [0.15, 0.2) is 18.2 Å². The van der Waals surface area contributed by atoms with Crippen LogP contribution in [-0.4, -0.2) is 35.4 Å². The summed E-state index contributed by atoms with van der Waals surface area (Å²) in [5.74, 6) is -2.02. The number of aromatic carboxylic acids is 1. The molecule has 1 aromatic rings. The number of β-amino-alcohol motifs (C(OH)–C–C–N with tert-alkyl or cyclic N) is 1. The summed E-state index contributed by atoms with van der Waals surface area (Å²) in [4.78, 5) is 12.3. The fourth-order valence-electron chi connectivity index (χ4n) is 1.54. The van der Waals surface area contributed by atoms with Gasteiger partial charge in [-0.3, -0.25) is 0 Å². The molecule has 5 heteroatoms. The summed E-state index contributed by atoms with van der Waals surface area (Å²) in [5, 5.41) is 17.7. The van der Waals surface area contributed by atoms with E-state index >= 15 is 0 Å². The first-order valence-corrected chi connectivity index (χ1v) is 4.54. The summed E-state index contributed by atoms with van der Waals surface area (Å²) in [6.07, 6.45) is -0.368. The first kappa shape index (κ1) is 9.92. The lowest BCUT2D eigenvalue weighted by Crippen LogP contribution is -2.50. The van der Waals surface area contributed by atoms with Gasteiger partial charge in [-0.05, 0) is 18.2 Å². The Balaban J connectivity index is 2.22. The molecule has 80 valence electrons. The predicted octanol–water partition coefficient (Wildman–Crippen LogP) is 0.705. The summed E-state index contributed by atoms with van der Waals surface area (Å²) in [6.45, 7) is 0.928. The van der Waals surface area contributed by atoms with Gasteiger partial charge >= 0.3 is 5.97 Å². The predicted molar refractivity (Wildman–Crippen MR) is 51.6 cm³/mol. The monoisotopic (exact) mass is 211 g/mol. The van der Waals surface area contributed by atoms with Crippen LogP contribution in [-0.2, 0) is 0 Å². The van der Waals surface area contributed by atoms with Crippen LogP contribution in [0.1, 0.15) is 10.4 Å². The standard InChI is InChI=1S/C10H10FNO3/c11-9-3-6(12-4-7(13)5-12)1-2-8(9)10(14)15/h1-3,7,13H,4-5H2,(H,14,15). The average Bonchev–Trinajstić information content (AvgIpc) is 2.12. The van der Waals surface area contributed by atoms with Crippen LogP contribution < -0.4 is 4.90 Å². The molecule has 1 saturated heterocycles. The topological polar surface area (TPSA) is 60.8 Å². The number of halogens is 1. The lowest BCUT2D eigenvalue weighted by atomic mass is 10.1. The number of benzene rings is 1. The number of carboxylic acid groups (broad SMARTS) is 1. The second-order valence-corrected chi connectivity index (χ2v) is 3.53. The van der Waals surface area contributed by atoms with E-state index in [0.29, 0.717) is 18.8 Å². The number of anilines is 1. The number of hydrogen-bond acceptors (Lipinski definition) is 3. The van der Waals surface area contributed by atoms with Crippen molar-refractivity contribution >= 4 is 11.7 Å². The van der Waals surface area contributed by atoms with Crippen molar-refractivity contribution in [2.45, 2.75) is 6.10 Å². The number of nitrogens with zero attached hydrogens (tertiary/aromatic N) is 1. The molecule has 0 radical (unpaired) electrons. The van der Waals surface area contributed by atoms with Gasteiger partial charge in [0.2, 0.25) is 0 Å². The molecule has 0 bridgehead atoms. The van der Waals surface area contributed by atoms with Crippen molar-refractivity contribution < 1.29 is 19.4 Å². The molecule has 1 aliphatic heterocycles. The van der Waals surface area contributed by atoms with E-state index in [1.54, 1.807) is 11.0 Å². The highest BCUT2D eigenvalue weighted by Gasteiger charge is 2.25. The molecule has 0 unspecified atom stereocenters. The Morgan fingerprint density at radius 3 is 2.60 bits per heavy atom. The third-order valence-electron chi connectivity index (χ3n) is 2.41. The highest BCUT2D eigenvalue weighted by Crippen LogP contribution is 2.23. The number of rotatable bonds is 2.